The van der Waals surface area contributed by atoms with E-state index in [2.05, 4.69) is 56.2 Å². The Balaban J connectivity index is 0.00000533. The number of carbonyl (C=O) groups excluding carboxylic acids is 7. The predicted molar refractivity (Wildman–Crippen MR) is 277 cm³/mol. The van der Waals surface area contributed by atoms with E-state index in [4.69, 9.17) is 0 Å². The molecule has 2 heterocycles. The Labute approximate surface area is 428 Å². The number of nitrogens with one attached hydrogen (secondary N) is 6. The molecular formula is C53H80Cl2N8O7. The van der Waals surface area contributed by atoms with Gasteiger partial charge in [-0.2, -0.15) is 0 Å². The first-order chi connectivity index (χ1) is 32.9. The Kier molecular flexibility index (Phi) is 24.1. The van der Waals surface area contributed by atoms with E-state index in [0.29, 0.717) is 103 Å². The number of likely N-dealkylation sites (N-methyl/N-ethyl adjacent to an activating group) is 2. The molecule has 2 aromatic rings. The maximum Gasteiger partial charge on any atom is 0.245 e. The first-order valence-electron chi connectivity index (χ1n) is 25.7. The van der Waals surface area contributed by atoms with Gasteiger partial charge < -0.3 is 41.7 Å². The third-order valence-corrected chi connectivity index (χ3v) is 14.8. The highest BCUT2D eigenvalue weighted by Crippen LogP contribution is 2.32. The molecule has 0 bridgehead atoms. The maximum absolute atomic E-state index is 14.1. The minimum Gasteiger partial charge on any atom is -0.347 e. The second-order valence-electron chi connectivity index (χ2n) is 19.6. The fourth-order valence-corrected chi connectivity index (χ4v) is 10.5. The zero-order valence-corrected chi connectivity index (χ0v) is 43.5. The van der Waals surface area contributed by atoms with Crippen LogP contribution in [-0.4, -0.2) is 114 Å². The van der Waals surface area contributed by atoms with Crippen molar-refractivity contribution in [3.63, 3.8) is 0 Å². The van der Waals surface area contributed by atoms with Crippen LogP contribution in [0.2, 0.25) is 0 Å². The Morgan fingerprint density at radius 1 is 0.543 bits per heavy atom. The lowest BCUT2D eigenvalue weighted by Crippen LogP contribution is -2.55. The van der Waals surface area contributed by atoms with Gasteiger partial charge in [-0.05, 0) is 140 Å². The van der Waals surface area contributed by atoms with Crippen LogP contribution >= 0.6 is 24.8 Å². The first-order valence-corrected chi connectivity index (χ1v) is 25.7. The van der Waals surface area contributed by atoms with Crippen molar-refractivity contribution in [2.75, 3.05) is 27.2 Å². The van der Waals surface area contributed by atoms with Gasteiger partial charge in [-0.25, -0.2) is 0 Å². The lowest BCUT2D eigenvalue weighted by atomic mass is 9.87. The first kappa shape index (κ1) is 58.0. The molecule has 15 nitrogen and oxygen atoms in total. The summed E-state index contributed by atoms with van der Waals surface area (Å²) in [6.45, 7) is 4.38. The number of rotatable bonds is 24. The third-order valence-electron chi connectivity index (χ3n) is 14.8. The summed E-state index contributed by atoms with van der Waals surface area (Å²) in [5.41, 5.74) is 4.78. The van der Waals surface area contributed by atoms with E-state index in [-0.39, 0.29) is 78.1 Å². The second kappa shape index (κ2) is 29.1. The molecule has 6 N–H and O–H groups in total. The molecule has 0 aromatic heterocycles. The van der Waals surface area contributed by atoms with Crippen molar-refractivity contribution < 1.29 is 33.6 Å². The summed E-state index contributed by atoms with van der Waals surface area (Å²) in [5, 5.41) is 18.3. The highest BCUT2D eigenvalue weighted by Gasteiger charge is 2.40. The van der Waals surface area contributed by atoms with Gasteiger partial charge in [0.05, 0.1) is 24.2 Å². The number of benzene rings is 2. The van der Waals surface area contributed by atoms with Crippen LogP contribution in [0.4, 0.5) is 0 Å². The smallest absolute Gasteiger partial charge is 0.245 e. The topological polar surface area (TPSA) is 198 Å². The molecular weight excluding hydrogens is 932 g/mol. The zero-order chi connectivity index (χ0) is 48.6. The molecule has 6 rings (SSSR count). The highest BCUT2D eigenvalue weighted by molar-refractivity contribution is 5.94. The van der Waals surface area contributed by atoms with Gasteiger partial charge in [0, 0.05) is 25.9 Å². The summed E-state index contributed by atoms with van der Waals surface area (Å²) < 4.78 is 0. The summed E-state index contributed by atoms with van der Waals surface area (Å²) in [7, 11) is 3.38. The quantitative estimate of drug-likeness (QED) is 0.0699. The van der Waals surface area contributed by atoms with Crippen LogP contribution in [-0.2, 0) is 46.4 Å². The monoisotopic (exact) mass is 1010 g/mol. The van der Waals surface area contributed by atoms with E-state index in [1.807, 2.05) is 24.3 Å². The van der Waals surface area contributed by atoms with Crippen molar-refractivity contribution in [3.05, 3.63) is 70.8 Å². The highest BCUT2D eigenvalue weighted by atomic mass is 35.5. The van der Waals surface area contributed by atoms with E-state index in [1.54, 1.807) is 37.7 Å². The van der Waals surface area contributed by atoms with Crippen LogP contribution in [0.3, 0.4) is 0 Å². The fraction of sp³-hybridized carbons (Fsp3) is 0.642. The van der Waals surface area contributed by atoms with Gasteiger partial charge in [0.15, 0.2) is 0 Å². The predicted octanol–water partition coefficient (Wildman–Crippen LogP) is 5.86. The summed E-state index contributed by atoms with van der Waals surface area (Å²) >= 11 is 0. The summed E-state index contributed by atoms with van der Waals surface area (Å²) in [6, 6.07) is 12.5. The Bertz CT molecular complexity index is 1930. The standard InChI is InChI=1S/C53H78N8O7.2ClH/c1-35(54-3)48(63)58-44(52(67)60-33-17-31-46(60)50(65)56-42-29-15-21-37-19-11-13-25-40(37)42)27-9-5-7-23-39(62)24-8-6-10-28-45(59-49(64)36(2)55-4)53(68)61-34-18-32-47(61)51(66)57-43-30-16-22-38-20-12-14-26-41(38)43;;/h11-14,19-20,25-26,35-36,42-47,54-55H,5-10,15-18,21-24,27-34H2,1-4H3,(H,56,65)(H,57,66)(H,58,63)(H,59,64);2*1H/t35-,36-,42+,43+,44-,45-,46-,47-;;/m0../s1. The van der Waals surface area contributed by atoms with Gasteiger partial charge in [-0.3, -0.25) is 33.6 Å². The van der Waals surface area contributed by atoms with Crippen LogP contribution in [0.1, 0.15) is 164 Å². The zero-order valence-electron chi connectivity index (χ0n) is 41.9. The molecule has 6 amide bonds. The van der Waals surface area contributed by atoms with E-state index >= 15 is 0 Å². The average molecular weight is 1010 g/mol. The number of ketones is 1. The number of nitrogens with zero attached hydrogens (tertiary/aromatic N) is 2. The lowest BCUT2D eigenvalue weighted by Gasteiger charge is -2.32. The second-order valence-corrected chi connectivity index (χ2v) is 19.6. The van der Waals surface area contributed by atoms with Gasteiger partial charge in [0.25, 0.3) is 0 Å². The average Bonchev–Trinajstić information content (AvgIpc) is 4.06. The van der Waals surface area contributed by atoms with Gasteiger partial charge >= 0.3 is 0 Å². The van der Waals surface area contributed by atoms with Crippen molar-refractivity contribution in [2.45, 2.75) is 191 Å². The van der Waals surface area contributed by atoms with Crippen molar-refractivity contribution in [1.29, 1.82) is 0 Å². The number of hydrogen-bond acceptors (Lipinski definition) is 9. The summed E-state index contributed by atoms with van der Waals surface area (Å²) in [6.07, 6.45) is 13.8. The van der Waals surface area contributed by atoms with Gasteiger partial charge in [-0.1, -0.05) is 74.2 Å². The number of fused-ring (bicyclic) bond motifs is 2. The van der Waals surface area contributed by atoms with E-state index in [1.165, 1.54) is 11.1 Å². The van der Waals surface area contributed by atoms with Crippen LogP contribution in [0.25, 0.3) is 0 Å². The molecule has 388 valence electrons. The lowest BCUT2D eigenvalue weighted by molar-refractivity contribution is -0.142. The SMILES string of the molecule is CN[C@@H](C)C(=O)N[C@@H](CCCCCC(=O)CCCCC[C@H](NC(=O)[C@H](C)NC)C(=O)N1CCC[C@H]1C(=O)N[C@@H]1CCCc2ccccc21)C(=O)N1CCC[C@H]1C(=O)N[C@@H]1CCCc2ccccc21.Cl.Cl. The van der Waals surface area contributed by atoms with Gasteiger partial charge in [0.2, 0.25) is 35.4 Å². The fourth-order valence-electron chi connectivity index (χ4n) is 10.5. The molecule has 0 spiro atoms. The minimum atomic E-state index is -0.784. The van der Waals surface area contributed by atoms with E-state index in [9.17, 15) is 33.6 Å². The molecule has 2 aromatic carbocycles. The third kappa shape index (κ3) is 15.7. The molecule has 2 fully saturated rings. The molecule has 0 unspecified atom stereocenters. The molecule has 4 aliphatic rings. The van der Waals surface area contributed by atoms with Crippen molar-refractivity contribution in [3.8, 4) is 0 Å². The van der Waals surface area contributed by atoms with Crippen LogP contribution < -0.4 is 31.9 Å². The van der Waals surface area contributed by atoms with Gasteiger partial charge in [0.1, 0.15) is 30.0 Å². The maximum atomic E-state index is 14.1. The van der Waals surface area contributed by atoms with Gasteiger partial charge in [-0.15, -0.1) is 24.8 Å². The largest absolute Gasteiger partial charge is 0.347 e. The molecule has 2 aliphatic carbocycles. The van der Waals surface area contributed by atoms with Crippen LogP contribution in [0.15, 0.2) is 48.5 Å². The molecule has 70 heavy (non-hydrogen) atoms. The van der Waals surface area contributed by atoms with Crippen molar-refractivity contribution in [2.24, 2.45) is 0 Å². The number of unbranched alkanes of at least 4 members (excludes halogenated alkanes) is 4. The number of Topliss-reactive ketones (excluding diaryl/α,β-unsaturated/α-hetero) is 1. The molecule has 2 aliphatic heterocycles. The molecule has 8 atom stereocenters. The molecule has 17 heteroatoms. The molecule has 0 saturated carbocycles. The summed E-state index contributed by atoms with van der Waals surface area (Å²) in [5.74, 6) is -1.21. The number of hydrogen-bond donors (Lipinski definition) is 6. The van der Waals surface area contributed by atoms with Crippen LogP contribution in [0, 0.1) is 0 Å². The summed E-state index contributed by atoms with van der Waals surface area (Å²) in [4.78, 5) is 98.1. The Morgan fingerprint density at radius 3 is 1.34 bits per heavy atom. The number of halogens is 2. The van der Waals surface area contributed by atoms with Crippen molar-refractivity contribution >= 4 is 66.0 Å². The molecule has 0 radical (unpaired) electrons. The Morgan fingerprint density at radius 2 is 0.943 bits per heavy atom. The van der Waals surface area contributed by atoms with E-state index in [0.717, 1.165) is 49.7 Å². The number of carbonyl (C=O) groups is 7. The normalized spacial score (nSPS) is 21.0. The van der Waals surface area contributed by atoms with E-state index < -0.39 is 36.3 Å². The number of likely N-dealkylation sites (tertiary alicyclic amines) is 2. The molecule has 2 saturated heterocycles. The van der Waals surface area contributed by atoms with Crippen molar-refractivity contribution in [1.82, 2.24) is 41.7 Å². The van der Waals surface area contributed by atoms with Crippen LogP contribution in [0.5, 0.6) is 0 Å². The minimum absolute atomic E-state index is 0. The number of amides is 6. The Hall–Kier alpha value is -4.57. The number of aryl methyl sites for hydroxylation is 2.